The number of carbonyl (C=O) groups excluding carboxylic acids is 2. The van der Waals surface area contributed by atoms with Gasteiger partial charge < -0.3 is 10.2 Å². The number of rotatable bonds is 9. The Labute approximate surface area is 216 Å². The molecule has 190 valence electrons. The zero-order chi connectivity index (χ0) is 26.4. The van der Waals surface area contributed by atoms with Crippen molar-refractivity contribution in [3.05, 3.63) is 102 Å². The molecule has 37 heavy (non-hydrogen) atoms. The van der Waals surface area contributed by atoms with Crippen LogP contribution in [0.2, 0.25) is 0 Å². The molecule has 0 unspecified atom stereocenters. The minimum absolute atomic E-state index is 0.136. The molecule has 0 bridgehead atoms. The van der Waals surface area contributed by atoms with E-state index in [0.29, 0.717) is 17.9 Å². The summed E-state index contributed by atoms with van der Waals surface area (Å²) in [6, 6.07) is 23.1. The van der Waals surface area contributed by atoms with Gasteiger partial charge in [0.25, 0.3) is 5.91 Å². The second-order valence-corrected chi connectivity index (χ2v) is 9.06. The first-order valence-corrected chi connectivity index (χ1v) is 12.4. The summed E-state index contributed by atoms with van der Waals surface area (Å²) in [5.74, 6) is -0.517. The Morgan fingerprint density at radius 3 is 2.27 bits per heavy atom. The van der Waals surface area contributed by atoms with Crippen molar-refractivity contribution in [1.82, 2.24) is 14.7 Å². The second-order valence-electron chi connectivity index (χ2n) is 9.06. The van der Waals surface area contributed by atoms with Crippen LogP contribution in [0.5, 0.6) is 0 Å². The van der Waals surface area contributed by atoms with Crippen molar-refractivity contribution in [3.8, 4) is 16.8 Å². The standard InChI is InChI=1S/C30H31FN4O2/c1-4-5-19-34(30(37)24-13-15-25(31)16-14-24)20-27(36)32-29-28(23-9-7-6-8-10-23)22(3)33-35(29)26-17-11-21(2)12-18-26/h6-18H,4-5,19-20H2,1-3H3,(H,32,36). The van der Waals surface area contributed by atoms with Crippen molar-refractivity contribution in [2.75, 3.05) is 18.4 Å². The Hall–Kier alpha value is -4.26. The van der Waals surface area contributed by atoms with Gasteiger partial charge in [-0.1, -0.05) is 61.4 Å². The summed E-state index contributed by atoms with van der Waals surface area (Å²) in [7, 11) is 0. The average molecular weight is 499 g/mol. The molecule has 0 atom stereocenters. The number of aryl methyl sites for hydroxylation is 2. The lowest BCUT2D eigenvalue weighted by Gasteiger charge is -2.22. The summed E-state index contributed by atoms with van der Waals surface area (Å²) in [5, 5.41) is 7.79. The number of nitrogens with zero attached hydrogens (tertiary/aromatic N) is 3. The van der Waals surface area contributed by atoms with Gasteiger partial charge >= 0.3 is 0 Å². The second kappa shape index (κ2) is 11.6. The first-order valence-electron chi connectivity index (χ1n) is 12.4. The number of carbonyl (C=O) groups is 2. The van der Waals surface area contributed by atoms with E-state index in [1.54, 1.807) is 4.68 Å². The number of aromatic nitrogens is 2. The molecule has 6 nitrogen and oxygen atoms in total. The predicted molar refractivity (Wildman–Crippen MR) is 144 cm³/mol. The van der Waals surface area contributed by atoms with Gasteiger partial charge in [-0.15, -0.1) is 0 Å². The first-order chi connectivity index (χ1) is 17.9. The van der Waals surface area contributed by atoms with Crippen LogP contribution in [0, 0.1) is 19.7 Å². The maximum absolute atomic E-state index is 13.4. The zero-order valence-electron chi connectivity index (χ0n) is 21.4. The molecule has 0 aliphatic rings. The maximum atomic E-state index is 13.4. The van der Waals surface area contributed by atoms with Crippen molar-refractivity contribution in [2.45, 2.75) is 33.6 Å². The van der Waals surface area contributed by atoms with Crippen molar-refractivity contribution in [2.24, 2.45) is 0 Å². The van der Waals surface area contributed by atoms with E-state index < -0.39 is 5.82 Å². The van der Waals surface area contributed by atoms with Gasteiger partial charge in [0.1, 0.15) is 18.2 Å². The number of unbranched alkanes of at least 4 members (excludes halogenated alkanes) is 1. The molecule has 0 aliphatic carbocycles. The maximum Gasteiger partial charge on any atom is 0.254 e. The lowest BCUT2D eigenvalue weighted by molar-refractivity contribution is -0.116. The van der Waals surface area contributed by atoms with Crippen LogP contribution >= 0.6 is 0 Å². The lowest BCUT2D eigenvalue weighted by atomic mass is 10.1. The fourth-order valence-corrected chi connectivity index (χ4v) is 4.19. The molecular weight excluding hydrogens is 467 g/mol. The van der Waals surface area contributed by atoms with Gasteiger partial charge in [0.15, 0.2) is 0 Å². The Morgan fingerprint density at radius 2 is 1.62 bits per heavy atom. The summed E-state index contributed by atoms with van der Waals surface area (Å²) < 4.78 is 15.1. The van der Waals surface area contributed by atoms with E-state index in [9.17, 15) is 14.0 Å². The SMILES string of the molecule is CCCCN(CC(=O)Nc1c(-c2ccccc2)c(C)nn1-c1ccc(C)cc1)C(=O)c1ccc(F)cc1. The lowest BCUT2D eigenvalue weighted by Crippen LogP contribution is -2.39. The highest BCUT2D eigenvalue weighted by molar-refractivity contribution is 6.01. The highest BCUT2D eigenvalue weighted by Gasteiger charge is 2.23. The van der Waals surface area contributed by atoms with Crippen molar-refractivity contribution in [1.29, 1.82) is 0 Å². The molecule has 4 rings (SSSR count). The summed E-state index contributed by atoms with van der Waals surface area (Å²) in [4.78, 5) is 28.1. The van der Waals surface area contributed by atoms with Crippen LogP contribution in [-0.4, -0.2) is 39.6 Å². The Morgan fingerprint density at radius 1 is 0.946 bits per heavy atom. The summed E-state index contributed by atoms with van der Waals surface area (Å²) in [6.07, 6.45) is 1.61. The number of hydrogen-bond donors (Lipinski definition) is 1. The summed E-state index contributed by atoms with van der Waals surface area (Å²) in [5.41, 5.74) is 4.80. The van der Waals surface area contributed by atoms with Crippen LogP contribution < -0.4 is 5.32 Å². The molecule has 0 spiro atoms. The first kappa shape index (κ1) is 25.8. The molecule has 2 amide bonds. The number of benzene rings is 3. The van der Waals surface area contributed by atoms with Crippen LogP contribution in [0.15, 0.2) is 78.9 Å². The van der Waals surface area contributed by atoms with Gasteiger partial charge in [0.05, 0.1) is 11.4 Å². The Kier molecular flexibility index (Phi) is 8.13. The van der Waals surface area contributed by atoms with Gasteiger partial charge in [0.2, 0.25) is 5.91 Å². The number of anilines is 1. The van der Waals surface area contributed by atoms with Gasteiger partial charge in [0, 0.05) is 17.7 Å². The van der Waals surface area contributed by atoms with E-state index in [4.69, 9.17) is 5.10 Å². The van der Waals surface area contributed by atoms with Crippen LogP contribution in [-0.2, 0) is 4.79 Å². The van der Waals surface area contributed by atoms with Gasteiger partial charge in [-0.25, -0.2) is 9.07 Å². The highest BCUT2D eigenvalue weighted by Crippen LogP contribution is 2.33. The van der Waals surface area contributed by atoms with Crippen molar-refractivity contribution >= 4 is 17.6 Å². The van der Waals surface area contributed by atoms with E-state index >= 15 is 0 Å². The number of amides is 2. The summed E-state index contributed by atoms with van der Waals surface area (Å²) in [6.45, 7) is 6.23. The highest BCUT2D eigenvalue weighted by atomic mass is 19.1. The molecule has 4 aromatic rings. The quantitative estimate of drug-likeness (QED) is 0.300. The topological polar surface area (TPSA) is 67.2 Å². The molecule has 0 saturated heterocycles. The molecular formula is C30H31FN4O2. The van der Waals surface area contributed by atoms with Crippen LogP contribution in [0.1, 0.15) is 41.4 Å². The molecule has 7 heteroatoms. The minimum Gasteiger partial charge on any atom is -0.329 e. The number of halogens is 1. The van der Waals surface area contributed by atoms with Crippen LogP contribution in [0.3, 0.4) is 0 Å². The third-order valence-electron chi connectivity index (χ3n) is 6.15. The molecule has 0 aliphatic heterocycles. The molecule has 0 fully saturated rings. The third-order valence-corrected chi connectivity index (χ3v) is 6.15. The molecule has 3 aromatic carbocycles. The molecule has 1 aromatic heterocycles. The zero-order valence-corrected chi connectivity index (χ0v) is 21.4. The summed E-state index contributed by atoms with van der Waals surface area (Å²) >= 11 is 0. The van der Waals surface area contributed by atoms with Crippen LogP contribution in [0.25, 0.3) is 16.8 Å². The number of hydrogen-bond acceptors (Lipinski definition) is 3. The molecule has 0 radical (unpaired) electrons. The average Bonchev–Trinajstić information content (AvgIpc) is 3.22. The fraction of sp³-hybridized carbons (Fsp3) is 0.233. The minimum atomic E-state index is -0.414. The molecule has 1 heterocycles. The monoisotopic (exact) mass is 498 g/mol. The van der Waals surface area contributed by atoms with E-state index in [2.05, 4.69) is 5.32 Å². The molecule has 1 N–H and O–H groups in total. The van der Waals surface area contributed by atoms with E-state index in [-0.39, 0.29) is 18.4 Å². The Bertz CT molecular complexity index is 1360. The molecule has 0 saturated carbocycles. The normalized spacial score (nSPS) is 10.8. The largest absolute Gasteiger partial charge is 0.329 e. The van der Waals surface area contributed by atoms with E-state index in [1.807, 2.05) is 75.4 Å². The Balaban J connectivity index is 1.66. The smallest absolute Gasteiger partial charge is 0.254 e. The van der Waals surface area contributed by atoms with E-state index in [0.717, 1.165) is 40.9 Å². The van der Waals surface area contributed by atoms with Gasteiger partial charge in [-0.2, -0.15) is 5.10 Å². The van der Waals surface area contributed by atoms with Crippen molar-refractivity contribution in [3.63, 3.8) is 0 Å². The van der Waals surface area contributed by atoms with Crippen molar-refractivity contribution < 1.29 is 14.0 Å². The predicted octanol–water partition coefficient (Wildman–Crippen LogP) is 6.18. The van der Waals surface area contributed by atoms with Gasteiger partial charge in [-0.05, 0) is 62.2 Å². The number of nitrogens with one attached hydrogen (secondary N) is 1. The van der Waals surface area contributed by atoms with E-state index in [1.165, 1.54) is 29.2 Å². The van der Waals surface area contributed by atoms with Gasteiger partial charge in [-0.3, -0.25) is 9.59 Å². The van der Waals surface area contributed by atoms with Crippen LogP contribution in [0.4, 0.5) is 10.2 Å². The fourth-order valence-electron chi connectivity index (χ4n) is 4.19. The third kappa shape index (κ3) is 6.12.